The molecule has 3 unspecified atom stereocenters. The first-order chi connectivity index (χ1) is 7.18. The largest absolute Gasteiger partial charge is 0.327 e. The Kier molecular flexibility index (Phi) is 3.11. The van der Waals surface area contributed by atoms with Crippen molar-refractivity contribution in [3.05, 3.63) is 35.9 Å². The van der Waals surface area contributed by atoms with Crippen LogP contribution < -0.4 is 5.73 Å². The topological polar surface area (TPSA) is 26.0 Å². The molecule has 2 N–H and O–H groups in total. The summed E-state index contributed by atoms with van der Waals surface area (Å²) < 4.78 is 0. The van der Waals surface area contributed by atoms with Crippen LogP contribution in [0, 0.1) is 11.8 Å². The molecule has 2 rings (SSSR count). The number of benzene rings is 1. The van der Waals surface area contributed by atoms with Gasteiger partial charge >= 0.3 is 0 Å². The lowest BCUT2D eigenvalue weighted by molar-refractivity contribution is 0.453. The van der Waals surface area contributed by atoms with Crippen molar-refractivity contribution in [2.75, 3.05) is 0 Å². The third-order valence-electron chi connectivity index (χ3n) is 3.36. The monoisotopic (exact) mass is 203 g/mol. The Balaban J connectivity index is 1.91. The van der Waals surface area contributed by atoms with Crippen molar-refractivity contribution in [1.82, 2.24) is 0 Å². The third kappa shape index (κ3) is 2.60. The van der Waals surface area contributed by atoms with Gasteiger partial charge in [-0.25, -0.2) is 0 Å². The fourth-order valence-electron chi connectivity index (χ4n) is 2.49. The van der Waals surface area contributed by atoms with E-state index < -0.39 is 0 Å². The van der Waals surface area contributed by atoms with Gasteiger partial charge in [0.15, 0.2) is 0 Å². The van der Waals surface area contributed by atoms with E-state index >= 15 is 0 Å². The molecule has 1 fully saturated rings. The van der Waals surface area contributed by atoms with Crippen LogP contribution in [-0.4, -0.2) is 6.04 Å². The second kappa shape index (κ2) is 4.36. The Hall–Kier alpha value is -0.820. The quantitative estimate of drug-likeness (QED) is 0.799. The van der Waals surface area contributed by atoms with Gasteiger partial charge in [0.1, 0.15) is 0 Å². The van der Waals surface area contributed by atoms with Crippen LogP contribution in [0.3, 0.4) is 0 Å². The van der Waals surface area contributed by atoms with Crippen molar-refractivity contribution in [1.29, 1.82) is 0 Å². The van der Waals surface area contributed by atoms with E-state index in [1.54, 1.807) is 0 Å². The Morgan fingerprint density at radius 2 is 1.93 bits per heavy atom. The maximum atomic E-state index is 6.21. The van der Waals surface area contributed by atoms with E-state index in [-0.39, 0.29) is 0 Å². The van der Waals surface area contributed by atoms with E-state index in [2.05, 4.69) is 44.2 Å². The summed E-state index contributed by atoms with van der Waals surface area (Å²) in [5, 5.41) is 0. The molecule has 1 nitrogen and oxygen atoms in total. The van der Waals surface area contributed by atoms with Crippen LogP contribution in [0.4, 0.5) is 0 Å². The first-order valence-electron chi connectivity index (χ1n) is 5.99. The summed E-state index contributed by atoms with van der Waals surface area (Å²) in [6.45, 7) is 4.50. The van der Waals surface area contributed by atoms with E-state index in [0.29, 0.717) is 6.04 Å². The van der Waals surface area contributed by atoms with Gasteiger partial charge in [0, 0.05) is 6.04 Å². The number of hydrogen-bond acceptors (Lipinski definition) is 1. The zero-order chi connectivity index (χ0) is 10.8. The highest BCUT2D eigenvalue weighted by molar-refractivity contribution is 5.26. The highest BCUT2D eigenvalue weighted by atomic mass is 14.7. The van der Waals surface area contributed by atoms with Gasteiger partial charge in [0.25, 0.3) is 0 Å². The second-order valence-corrected chi connectivity index (χ2v) is 5.21. The van der Waals surface area contributed by atoms with Gasteiger partial charge < -0.3 is 5.73 Å². The van der Waals surface area contributed by atoms with Crippen LogP contribution in [0.2, 0.25) is 0 Å². The van der Waals surface area contributed by atoms with Crippen molar-refractivity contribution in [3.8, 4) is 0 Å². The molecule has 0 bridgehead atoms. The van der Waals surface area contributed by atoms with E-state index in [9.17, 15) is 0 Å². The predicted octanol–water partition coefficient (Wildman–Crippen LogP) is 3.16. The van der Waals surface area contributed by atoms with Gasteiger partial charge in [-0.05, 0) is 36.2 Å². The van der Waals surface area contributed by atoms with E-state index in [0.717, 1.165) is 24.2 Å². The van der Waals surface area contributed by atoms with E-state index in [4.69, 9.17) is 5.73 Å². The van der Waals surface area contributed by atoms with Crippen LogP contribution in [-0.2, 0) is 0 Å². The summed E-state index contributed by atoms with van der Waals surface area (Å²) in [4.78, 5) is 0. The van der Waals surface area contributed by atoms with Gasteiger partial charge in [-0.3, -0.25) is 0 Å². The lowest BCUT2D eigenvalue weighted by atomic mass is 9.98. The Labute approximate surface area is 92.7 Å². The number of hydrogen-bond donors (Lipinski definition) is 1. The summed E-state index contributed by atoms with van der Waals surface area (Å²) >= 11 is 0. The molecule has 0 aliphatic heterocycles. The molecule has 0 aromatic heterocycles. The zero-order valence-corrected chi connectivity index (χ0v) is 9.69. The minimum absolute atomic E-state index is 0.398. The van der Waals surface area contributed by atoms with Gasteiger partial charge in [-0.1, -0.05) is 44.2 Å². The smallest absolute Gasteiger partial charge is 0.00756 e. The first kappa shape index (κ1) is 10.7. The van der Waals surface area contributed by atoms with E-state index in [1.165, 1.54) is 12.0 Å². The second-order valence-electron chi connectivity index (χ2n) is 5.21. The fraction of sp³-hybridized carbons (Fsp3) is 0.571. The van der Waals surface area contributed by atoms with Crippen molar-refractivity contribution in [3.63, 3.8) is 0 Å². The standard InChI is InChI=1S/C14H21N/c1-10(2)8-14(15)13-9-12(13)11-6-4-3-5-7-11/h3-7,10,12-14H,8-9,15H2,1-2H3. The van der Waals surface area contributed by atoms with Gasteiger partial charge in [-0.15, -0.1) is 0 Å². The van der Waals surface area contributed by atoms with Crippen LogP contribution in [0.25, 0.3) is 0 Å². The van der Waals surface area contributed by atoms with Gasteiger partial charge in [0.05, 0.1) is 0 Å². The molecular formula is C14H21N. The summed E-state index contributed by atoms with van der Waals surface area (Å²) in [6.07, 6.45) is 2.45. The molecule has 1 aliphatic carbocycles. The van der Waals surface area contributed by atoms with Crippen molar-refractivity contribution in [2.45, 2.75) is 38.6 Å². The lowest BCUT2D eigenvalue weighted by Gasteiger charge is -2.13. The maximum absolute atomic E-state index is 6.21. The molecule has 1 aromatic carbocycles. The SMILES string of the molecule is CC(C)CC(N)C1CC1c1ccccc1. The Morgan fingerprint density at radius 1 is 1.27 bits per heavy atom. The molecular weight excluding hydrogens is 182 g/mol. The molecule has 1 aliphatic rings. The Bertz CT molecular complexity index is 304. The number of rotatable bonds is 4. The van der Waals surface area contributed by atoms with Crippen LogP contribution >= 0.6 is 0 Å². The molecule has 0 saturated heterocycles. The van der Waals surface area contributed by atoms with E-state index in [1.807, 2.05) is 0 Å². The lowest BCUT2D eigenvalue weighted by Crippen LogP contribution is -2.25. The van der Waals surface area contributed by atoms with Gasteiger partial charge in [0.2, 0.25) is 0 Å². The highest BCUT2D eigenvalue weighted by Gasteiger charge is 2.42. The molecule has 0 spiro atoms. The van der Waals surface area contributed by atoms with Crippen LogP contribution in [0.1, 0.15) is 38.2 Å². The first-order valence-corrected chi connectivity index (χ1v) is 5.99. The predicted molar refractivity (Wildman–Crippen MR) is 64.7 cm³/mol. The fourth-order valence-corrected chi connectivity index (χ4v) is 2.49. The third-order valence-corrected chi connectivity index (χ3v) is 3.36. The summed E-state index contributed by atoms with van der Waals surface area (Å²) in [5.74, 6) is 2.19. The molecule has 15 heavy (non-hydrogen) atoms. The van der Waals surface area contributed by atoms with Crippen molar-refractivity contribution >= 4 is 0 Å². The highest BCUT2D eigenvalue weighted by Crippen LogP contribution is 2.49. The van der Waals surface area contributed by atoms with Crippen LogP contribution in [0.15, 0.2) is 30.3 Å². The average Bonchev–Trinajstić information content (AvgIpc) is 2.97. The molecule has 0 amide bonds. The van der Waals surface area contributed by atoms with Crippen molar-refractivity contribution < 1.29 is 0 Å². The zero-order valence-electron chi connectivity index (χ0n) is 9.69. The minimum Gasteiger partial charge on any atom is -0.327 e. The molecule has 0 radical (unpaired) electrons. The minimum atomic E-state index is 0.398. The van der Waals surface area contributed by atoms with Crippen LogP contribution in [0.5, 0.6) is 0 Å². The molecule has 82 valence electrons. The average molecular weight is 203 g/mol. The summed E-state index contributed by atoms with van der Waals surface area (Å²) in [5.41, 5.74) is 7.68. The normalized spacial score (nSPS) is 26.7. The van der Waals surface area contributed by atoms with Gasteiger partial charge in [-0.2, -0.15) is 0 Å². The maximum Gasteiger partial charge on any atom is 0.00756 e. The molecule has 1 aromatic rings. The molecule has 0 heterocycles. The summed E-state index contributed by atoms with van der Waals surface area (Å²) in [7, 11) is 0. The summed E-state index contributed by atoms with van der Waals surface area (Å²) in [6, 6.07) is 11.2. The molecule has 1 saturated carbocycles. The molecule has 3 atom stereocenters. The Morgan fingerprint density at radius 3 is 2.53 bits per heavy atom. The number of nitrogens with two attached hydrogens (primary N) is 1. The molecule has 1 heteroatoms. The van der Waals surface area contributed by atoms with Crippen molar-refractivity contribution in [2.24, 2.45) is 17.6 Å².